The molecule has 3 radical (unpaired) electrons. The third-order valence-corrected chi connectivity index (χ3v) is 5.53. The van der Waals surface area contributed by atoms with E-state index in [0.717, 1.165) is 10.6 Å². The molecule has 0 fully saturated rings. The highest BCUT2D eigenvalue weighted by molar-refractivity contribution is 6.32. The Labute approximate surface area is 213 Å². The first-order valence-corrected chi connectivity index (χ1v) is 11.0. The molecule has 0 atom stereocenters. The summed E-state index contributed by atoms with van der Waals surface area (Å²) in [5.74, 6) is -2.21. The number of aromatic amines is 1. The highest BCUT2D eigenvalue weighted by Gasteiger charge is 2.38. The molecule has 0 aliphatic carbocycles. The molecule has 14 heteroatoms. The van der Waals surface area contributed by atoms with E-state index in [1.54, 1.807) is 0 Å². The molecule has 4 rings (SSSR count). The monoisotopic (exact) mass is 544 g/mol. The molecule has 0 unspecified atom stereocenters. The smallest absolute Gasteiger partial charge is 0.437 e. The van der Waals surface area contributed by atoms with Crippen molar-refractivity contribution in [3.05, 3.63) is 97.3 Å². The minimum Gasteiger partial charge on any atom is -0.449 e. The van der Waals surface area contributed by atoms with Crippen molar-refractivity contribution < 1.29 is 22.3 Å². The molecule has 0 amide bonds. The zero-order valence-electron chi connectivity index (χ0n) is 18.2. The van der Waals surface area contributed by atoms with E-state index >= 15 is 0 Å². The number of nitriles is 1. The normalized spacial score (nSPS) is 11.3. The second-order valence-corrected chi connectivity index (χ2v) is 8.50. The number of nitrogens with one attached hydrogen (secondary N) is 1. The van der Waals surface area contributed by atoms with Gasteiger partial charge >= 0.3 is 6.18 Å². The summed E-state index contributed by atoms with van der Waals surface area (Å²) < 4.78 is 61.4. The van der Waals surface area contributed by atoms with Crippen LogP contribution in [-0.4, -0.2) is 30.0 Å². The molecule has 0 saturated carbocycles. The highest BCUT2D eigenvalue weighted by Crippen LogP contribution is 2.34. The minimum absolute atomic E-state index is 0.00231. The van der Waals surface area contributed by atoms with Gasteiger partial charge in [-0.15, -0.1) is 0 Å². The number of hydrogen-bond acceptors (Lipinski definition) is 6. The summed E-state index contributed by atoms with van der Waals surface area (Å²) in [7, 11) is 3.18. The van der Waals surface area contributed by atoms with E-state index in [1.807, 2.05) is 6.07 Å². The van der Waals surface area contributed by atoms with Gasteiger partial charge in [-0.2, -0.15) is 23.5 Å². The summed E-state index contributed by atoms with van der Waals surface area (Å²) in [6.45, 7) is -0.451. The summed E-state index contributed by atoms with van der Waals surface area (Å²) in [5.41, 5.74) is -3.79. The lowest BCUT2D eigenvalue weighted by Crippen LogP contribution is -2.27. The van der Waals surface area contributed by atoms with E-state index in [1.165, 1.54) is 36.4 Å². The molecule has 0 saturated heterocycles. The van der Waals surface area contributed by atoms with Crippen molar-refractivity contribution in [3.63, 3.8) is 0 Å². The van der Waals surface area contributed by atoms with Gasteiger partial charge in [-0.25, -0.2) is 14.5 Å². The number of alkyl halides is 3. The Morgan fingerprint density at radius 2 is 1.92 bits per heavy atom. The fraction of sp³-hybridized carbons (Fsp3) is 0.0870. The topological polar surface area (TPSA) is 114 Å². The number of rotatable bonds is 5. The Kier molecular flexibility index (Phi) is 6.97. The van der Waals surface area contributed by atoms with Crippen molar-refractivity contribution in [1.29, 1.82) is 5.26 Å². The molecule has 0 aliphatic heterocycles. The molecule has 8 nitrogen and oxygen atoms in total. The molecular formula is C23H11ClF4N5O3Si. The zero-order chi connectivity index (χ0) is 26.9. The van der Waals surface area contributed by atoms with Crippen LogP contribution in [0.2, 0.25) is 5.02 Å². The average Bonchev–Trinajstić information content (AvgIpc) is 2.83. The van der Waals surface area contributed by atoms with E-state index in [4.69, 9.17) is 21.6 Å². The number of aromatic nitrogens is 4. The van der Waals surface area contributed by atoms with Crippen molar-refractivity contribution in [1.82, 2.24) is 19.7 Å². The predicted molar refractivity (Wildman–Crippen MR) is 124 cm³/mol. The standard InChI is InChI=1S/C23H11ClF4N5O3Si/c24-17-3-1-2-15(18(17)25)16-6-12(31-32-21(16)34)9-33-10-30-20(23(26,27)28)19(22(33)35)36-13-4-11(8-29)5-14(37)7-13/h1-7,10H,9H2,(H,32,34). The summed E-state index contributed by atoms with van der Waals surface area (Å²) in [6, 6.07) is 10.8. The van der Waals surface area contributed by atoms with Crippen molar-refractivity contribution in [3.8, 4) is 28.7 Å². The maximum atomic E-state index is 14.5. The van der Waals surface area contributed by atoms with Crippen molar-refractivity contribution in [2.75, 3.05) is 0 Å². The van der Waals surface area contributed by atoms with Crippen LogP contribution in [0.25, 0.3) is 11.1 Å². The number of benzene rings is 2. The van der Waals surface area contributed by atoms with Crippen LogP contribution in [0.15, 0.2) is 58.4 Å². The molecule has 0 aliphatic rings. The van der Waals surface area contributed by atoms with E-state index in [0.29, 0.717) is 11.5 Å². The van der Waals surface area contributed by atoms with Crippen molar-refractivity contribution in [2.45, 2.75) is 12.7 Å². The van der Waals surface area contributed by atoms with Gasteiger partial charge in [-0.1, -0.05) is 28.9 Å². The van der Waals surface area contributed by atoms with Gasteiger partial charge in [0.2, 0.25) is 5.75 Å². The van der Waals surface area contributed by atoms with Crippen LogP contribution in [0.4, 0.5) is 17.6 Å². The first-order chi connectivity index (χ1) is 17.5. The van der Waals surface area contributed by atoms with E-state index in [2.05, 4.69) is 25.4 Å². The molecule has 2 aromatic heterocycles. The van der Waals surface area contributed by atoms with Crippen molar-refractivity contribution in [2.24, 2.45) is 0 Å². The fourth-order valence-electron chi connectivity index (χ4n) is 3.33. The first-order valence-electron chi connectivity index (χ1n) is 10.1. The first kappa shape index (κ1) is 25.8. The number of nitrogens with zero attached hydrogens (tertiary/aromatic N) is 4. The molecule has 37 heavy (non-hydrogen) atoms. The van der Waals surface area contributed by atoms with Gasteiger partial charge < -0.3 is 4.74 Å². The zero-order valence-corrected chi connectivity index (χ0v) is 20.0. The lowest BCUT2D eigenvalue weighted by atomic mass is 10.1. The van der Waals surface area contributed by atoms with Crippen LogP contribution in [-0.2, 0) is 12.7 Å². The van der Waals surface area contributed by atoms with Crippen LogP contribution >= 0.6 is 11.6 Å². The van der Waals surface area contributed by atoms with Crippen LogP contribution < -0.4 is 21.0 Å². The highest BCUT2D eigenvalue weighted by atomic mass is 35.5. The third kappa shape index (κ3) is 5.45. The second-order valence-electron chi connectivity index (χ2n) is 7.52. The molecule has 0 bridgehead atoms. The molecule has 1 N–H and O–H groups in total. The molecule has 4 aromatic rings. The Morgan fingerprint density at radius 1 is 1.16 bits per heavy atom. The summed E-state index contributed by atoms with van der Waals surface area (Å²) >= 11 is 5.79. The van der Waals surface area contributed by atoms with Gasteiger partial charge in [0, 0.05) is 5.56 Å². The van der Waals surface area contributed by atoms with Gasteiger partial charge in [0.1, 0.15) is 11.6 Å². The lowest BCUT2D eigenvalue weighted by Gasteiger charge is -2.15. The van der Waals surface area contributed by atoms with Crippen LogP contribution in [0.1, 0.15) is 17.0 Å². The lowest BCUT2D eigenvalue weighted by molar-refractivity contribution is -0.142. The Hall–Kier alpha value is -4.28. The minimum atomic E-state index is -5.04. The largest absolute Gasteiger partial charge is 0.449 e. The molecule has 2 aromatic carbocycles. The Bertz CT molecular complexity index is 1680. The van der Waals surface area contributed by atoms with Gasteiger partial charge in [-0.3, -0.25) is 14.2 Å². The van der Waals surface area contributed by atoms with Crippen LogP contribution in [0.5, 0.6) is 11.5 Å². The molecular weight excluding hydrogens is 534 g/mol. The second kappa shape index (κ2) is 10.00. The van der Waals surface area contributed by atoms with Crippen molar-refractivity contribution >= 4 is 27.0 Å². The number of ether oxygens (including phenoxy) is 1. The number of hydrogen-bond donors (Lipinski definition) is 1. The molecule has 0 spiro atoms. The Morgan fingerprint density at radius 3 is 2.62 bits per heavy atom. The number of H-pyrrole nitrogens is 1. The fourth-order valence-corrected chi connectivity index (χ4v) is 3.80. The van der Waals surface area contributed by atoms with Crippen LogP contribution in [0.3, 0.4) is 0 Å². The average molecular weight is 545 g/mol. The van der Waals surface area contributed by atoms with E-state index in [-0.39, 0.29) is 33.2 Å². The van der Waals surface area contributed by atoms with Gasteiger partial charge in [0.05, 0.1) is 51.0 Å². The summed E-state index contributed by atoms with van der Waals surface area (Å²) in [6.07, 6.45) is -4.39. The van der Waals surface area contributed by atoms with Gasteiger partial charge in [0.25, 0.3) is 11.1 Å². The maximum absolute atomic E-state index is 14.5. The molecule has 185 valence electrons. The number of halogens is 5. The van der Waals surface area contributed by atoms with E-state index in [9.17, 15) is 27.2 Å². The quantitative estimate of drug-likeness (QED) is 0.305. The Balaban J connectivity index is 1.78. The SMILES string of the molecule is N#Cc1cc([Si])cc(Oc2c(C(F)(F)F)ncn(Cc3cc(-c4cccc(Cl)c4F)c(=O)[nH]n3)c2=O)c1. The van der Waals surface area contributed by atoms with E-state index < -0.39 is 41.1 Å². The summed E-state index contributed by atoms with van der Waals surface area (Å²) in [5, 5.41) is 15.2. The third-order valence-electron chi connectivity index (χ3n) is 4.95. The summed E-state index contributed by atoms with van der Waals surface area (Å²) in [4.78, 5) is 28.7. The van der Waals surface area contributed by atoms with Gasteiger partial charge in [0.15, 0.2) is 5.69 Å². The predicted octanol–water partition coefficient (Wildman–Crippen LogP) is 3.31. The van der Waals surface area contributed by atoms with Gasteiger partial charge in [-0.05, 0) is 30.3 Å². The van der Waals surface area contributed by atoms with Crippen LogP contribution in [0, 0.1) is 17.1 Å². The maximum Gasteiger partial charge on any atom is 0.437 e. The molecule has 2 heterocycles.